The van der Waals surface area contributed by atoms with Crippen molar-refractivity contribution in [3.05, 3.63) is 27.1 Å². The molecule has 0 radical (unpaired) electrons. The quantitative estimate of drug-likeness (QED) is 0.486. The van der Waals surface area contributed by atoms with E-state index in [4.69, 9.17) is 11.6 Å². The zero-order valence-corrected chi connectivity index (χ0v) is 11.2. The van der Waals surface area contributed by atoms with Crippen LogP contribution in [0, 0.1) is 16.0 Å². The Labute approximate surface area is 113 Å². The van der Waals surface area contributed by atoms with E-state index in [9.17, 15) is 14.9 Å². The lowest BCUT2D eigenvalue weighted by atomic mass is 10.1. The average Bonchev–Trinajstić information content (AvgIpc) is 2.97. The second-order valence-corrected chi connectivity index (χ2v) is 5.72. The molecule has 1 aromatic heterocycles. The Morgan fingerprint density at radius 1 is 1.61 bits per heavy atom. The van der Waals surface area contributed by atoms with Gasteiger partial charge in [-0.2, -0.15) is 0 Å². The van der Waals surface area contributed by atoms with Gasteiger partial charge in [-0.05, 0) is 24.8 Å². The number of nitro groups is 1. The molecule has 1 amide bonds. The first-order chi connectivity index (χ1) is 8.61. The molecule has 1 aliphatic rings. The SMILES string of the molecule is O=C(c1ccc([N+](=O)[O-])s1)N1CCC(CCCl)C1. The van der Waals surface area contributed by atoms with Gasteiger partial charge < -0.3 is 4.90 Å². The molecule has 5 nitrogen and oxygen atoms in total. The van der Waals surface area contributed by atoms with E-state index in [0.717, 1.165) is 24.2 Å². The third-order valence-corrected chi connectivity index (χ3v) is 4.32. The van der Waals surface area contributed by atoms with Crippen molar-refractivity contribution in [2.45, 2.75) is 12.8 Å². The smallest absolute Gasteiger partial charge is 0.324 e. The van der Waals surface area contributed by atoms with Crippen LogP contribution < -0.4 is 0 Å². The van der Waals surface area contributed by atoms with Gasteiger partial charge in [0.05, 0.1) is 9.80 Å². The highest BCUT2D eigenvalue weighted by atomic mass is 35.5. The topological polar surface area (TPSA) is 63.4 Å². The van der Waals surface area contributed by atoms with Gasteiger partial charge in [-0.3, -0.25) is 14.9 Å². The Bertz CT molecular complexity index is 463. The number of rotatable bonds is 4. The molecule has 98 valence electrons. The lowest BCUT2D eigenvalue weighted by Crippen LogP contribution is -2.28. The second kappa shape index (κ2) is 5.67. The van der Waals surface area contributed by atoms with Gasteiger partial charge in [-0.25, -0.2) is 0 Å². The molecule has 0 aliphatic carbocycles. The maximum atomic E-state index is 12.1. The molecule has 0 saturated carbocycles. The molecule has 1 atom stereocenters. The fourth-order valence-electron chi connectivity index (χ4n) is 2.10. The van der Waals surface area contributed by atoms with Crippen LogP contribution in [0.1, 0.15) is 22.5 Å². The molecule has 0 N–H and O–H groups in total. The minimum Gasteiger partial charge on any atom is -0.338 e. The Balaban J connectivity index is 2.01. The normalized spacial score (nSPS) is 19.2. The van der Waals surface area contributed by atoms with Crippen molar-refractivity contribution in [3.8, 4) is 0 Å². The highest BCUT2D eigenvalue weighted by Crippen LogP contribution is 2.27. The van der Waals surface area contributed by atoms with Crippen molar-refractivity contribution in [3.63, 3.8) is 0 Å². The predicted molar refractivity (Wildman–Crippen MR) is 70.3 cm³/mol. The first-order valence-electron chi connectivity index (χ1n) is 5.71. The lowest BCUT2D eigenvalue weighted by Gasteiger charge is -2.14. The molecule has 0 spiro atoms. The van der Waals surface area contributed by atoms with Gasteiger partial charge in [0.2, 0.25) is 0 Å². The molecule has 1 aliphatic heterocycles. The summed E-state index contributed by atoms with van der Waals surface area (Å²) in [6.45, 7) is 1.42. The number of carbonyl (C=O) groups excluding carboxylic acids is 1. The highest BCUT2D eigenvalue weighted by molar-refractivity contribution is 7.17. The predicted octanol–water partition coefficient (Wildman–Crippen LogP) is 2.75. The molecule has 2 heterocycles. The summed E-state index contributed by atoms with van der Waals surface area (Å²) in [4.78, 5) is 24.4. The number of carbonyl (C=O) groups is 1. The minimum absolute atomic E-state index is 0.00913. The first kappa shape index (κ1) is 13.3. The van der Waals surface area contributed by atoms with Gasteiger partial charge >= 0.3 is 5.00 Å². The molecule has 1 unspecified atom stereocenters. The van der Waals surface area contributed by atoms with Crippen LogP contribution in [-0.2, 0) is 0 Å². The molecule has 1 aromatic rings. The standard InChI is InChI=1S/C11H13ClN2O3S/c12-5-3-8-4-6-13(7-8)11(15)9-1-2-10(18-9)14(16)17/h1-2,8H,3-7H2. The largest absolute Gasteiger partial charge is 0.338 e. The van der Waals surface area contributed by atoms with Gasteiger partial charge in [-0.15, -0.1) is 11.6 Å². The Morgan fingerprint density at radius 2 is 2.39 bits per heavy atom. The fourth-order valence-corrected chi connectivity index (χ4v) is 3.20. The first-order valence-corrected chi connectivity index (χ1v) is 7.06. The van der Waals surface area contributed by atoms with Crippen LogP contribution in [0.25, 0.3) is 0 Å². The van der Waals surface area contributed by atoms with E-state index < -0.39 is 4.92 Å². The van der Waals surface area contributed by atoms with Crippen LogP contribution in [0.5, 0.6) is 0 Å². The third kappa shape index (κ3) is 2.81. The van der Waals surface area contributed by atoms with Crippen LogP contribution in [-0.4, -0.2) is 34.7 Å². The van der Waals surface area contributed by atoms with Crippen LogP contribution >= 0.6 is 22.9 Å². The van der Waals surface area contributed by atoms with E-state index >= 15 is 0 Å². The van der Waals surface area contributed by atoms with Crippen LogP contribution in [0.3, 0.4) is 0 Å². The van der Waals surface area contributed by atoms with Crippen LogP contribution in [0.2, 0.25) is 0 Å². The second-order valence-electron chi connectivity index (χ2n) is 4.28. The van der Waals surface area contributed by atoms with E-state index in [0.29, 0.717) is 29.8 Å². The van der Waals surface area contributed by atoms with Gasteiger partial charge in [0.1, 0.15) is 0 Å². The monoisotopic (exact) mass is 288 g/mol. The van der Waals surface area contributed by atoms with Crippen molar-refractivity contribution in [1.29, 1.82) is 0 Å². The molecule has 18 heavy (non-hydrogen) atoms. The number of alkyl halides is 1. The van der Waals surface area contributed by atoms with Gasteiger partial charge in [-0.1, -0.05) is 11.3 Å². The molecule has 1 saturated heterocycles. The molecular weight excluding hydrogens is 276 g/mol. The van der Waals surface area contributed by atoms with Crippen molar-refractivity contribution in [2.75, 3.05) is 19.0 Å². The van der Waals surface area contributed by atoms with E-state index in [2.05, 4.69) is 0 Å². The number of thiophene rings is 1. The fraction of sp³-hybridized carbons (Fsp3) is 0.545. The van der Waals surface area contributed by atoms with E-state index in [-0.39, 0.29) is 10.9 Å². The molecule has 7 heteroatoms. The van der Waals surface area contributed by atoms with Crippen molar-refractivity contribution in [2.24, 2.45) is 5.92 Å². The average molecular weight is 289 g/mol. The Kier molecular flexibility index (Phi) is 4.19. The van der Waals surface area contributed by atoms with Gasteiger partial charge in [0, 0.05) is 25.0 Å². The number of amides is 1. The summed E-state index contributed by atoms with van der Waals surface area (Å²) in [6.07, 6.45) is 1.88. The number of likely N-dealkylation sites (tertiary alicyclic amines) is 1. The van der Waals surface area contributed by atoms with Crippen molar-refractivity contribution >= 4 is 33.8 Å². The number of hydrogen-bond donors (Lipinski definition) is 0. The summed E-state index contributed by atoms with van der Waals surface area (Å²) in [5.41, 5.74) is 0. The van der Waals surface area contributed by atoms with Crippen LogP contribution in [0.4, 0.5) is 5.00 Å². The maximum Gasteiger partial charge on any atom is 0.324 e. The molecule has 2 rings (SSSR count). The van der Waals surface area contributed by atoms with Gasteiger partial charge in [0.25, 0.3) is 5.91 Å². The van der Waals surface area contributed by atoms with E-state index in [1.54, 1.807) is 4.90 Å². The van der Waals surface area contributed by atoms with Crippen LogP contribution in [0.15, 0.2) is 12.1 Å². The number of halogens is 1. The maximum absolute atomic E-state index is 12.1. The summed E-state index contributed by atoms with van der Waals surface area (Å²) in [5.74, 6) is 0.962. The molecule has 1 fully saturated rings. The van der Waals surface area contributed by atoms with E-state index in [1.165, 1.54) is 12.1 Å². The van der Waals surface area contributed by atoms with Gasteiger partial charge in [0.15, 0.2) is 0 Å². The molecule has 0 aromatic carbocycles. The number of nitrogens with zero attached hydrogens (tertiary/aromatic N) is 2. The molecule has 0 bridgehead atoms. The van der Waals surface area contributed by atoms with E-state index in [1.807, 2.05) is 0 Å². The summed E-state index contributed by atoms with van der Waals surface area (Å²) >= 11 is 6.62. The summed E-state index contributed by atoms with van der Waals surface area (Å²) in [6, 6.07) is 2.91. The summed E-state index contributed by atoms with van der Waals surface area (Å²) in [5, 5.41) is 10.6. The summed E-state index contributed by atoms with van der Waals surface area (Å²) in [7, 11) is 0. The van der Waals surface area contributed by atoms with Crippen molar-refractivity contribution in [1.82, 2.24) is 4.90 Å². The zero-order valence-electron chi connectivity index (χ0n) is 9.67. The Morgan fingerprint density at radius 3 is 3.00 bits per heavy atom. The highest BCUT2D eigenvalue weighted by Gasteiger charge is 2.28. The molecular formula is C11H13ClN2O3S. The Hall–Kier alpha value is -1.14. The summed E-state index contributed by atoms with van der Waals surface area (Å²) < 4.78 is 0. The van der Waals surface area contributed by atoms with Crippen molar-refractivity contribution < 1.29 is 9.72 Å². The zero-order chi connectivity index (χ0) is 13.1. The number of hydrogen-bond acceptors (Lipinski definition) is 4. The lowest BCUT2D eigenvalue weighted by molar-refractivity contribution is -0.380. The minimum atomic E-state index is -0.471. The third-order valence-electron chi connectivity index (χ3n) is 3.07.